The topological polar surface area (TPSA) is 58.2 Å². The molecule has 0 aliphatic heterocycles. The second-order valence-electron chi connectivity index (χ2n) is 9.08. The fourth-order valence-electron chi connectivity index (χ4n) is 6.45. The van der Waals surface area contributed by atoms with E-state index in [-0.39, 0.29) is 23.1 Å². The molecule has 2 N–H and O–H groups in total. The summed E-state index contributed by atoms with van der Waals surface area (Å²) in [5.74, 6) is 3.07. The van der Waals surface area contributed by atoms with Gasteiger partial charge in [0.1, 0.15) is 0 Å². The van der Waals surface area contributed by atoms with Gasteiger partial charge in [0.15, 0.2) is 0 Å². The molecule has 0 aromatic heterocycles. The van der Waals surface area contributed by atoms with Crippen LogP contribution in [0, 0.1) is 29.1 Å². The van der Waals surface area contributed by atoms with Crippen molar-refractivity contribution in [3.8, 4) is 0 Å². The molecule has 24 heavy (non-hydrogen) atoms. The zero-order valence-corrected chi connectivity index (χ0v) is 14.8. The van der Waals surface area contributed by atoms with Gasteiger partial charge in [-0.25, -0.2) is 0 Å². The van der Waals surface area contributed by atoms with Crippen LogP contribution in [0.3, 0.4) is 0 Å². The summed E-state index contributed by atoms with van der Waals surface area (Å²) in [6.07, 6.45) is 13.1. The van der Waals surface area contributed by atoms with Crippen molar-refractivity contribution in [2.45, 2.75) is 70.6 Å². The zero-order chi connectivity index (χ0) is 16.6. The third-order valence-electron chi connectivity index (χ3n) is 7.21. The maximum Gasteiger partial charge on any atom is 0.226 e. The average Bonchev–Trinajstić information content (AvgIpc) is 2.58. The Hall–Kier alpha value is -1.06. The van der Waals surface area contributed by atoms with Crippen molar-refractivity contribution in [2.75, 3.05) is 13.1 Å². The SMILES string of the molecule is O=C(NCCNC(=O)C12CC3CC(CC(C3)C1)C2)C1CCCCC1. The molecule has 0 saturated heterocycles. The smallest absolute Gasteiger partial charge is 0.226 e. The molecule has 0 heterocycles. The normalized spacial score (nSPS) is 38.1. The van der Waals surface area contributed by atoms with Gasteiger partial charge in [0, 0.05) is 24.4 Å². The lowest BCUT2D eigenvalue weighted by molar-refractivity contribution is -0.146. The second kappa shape index (κ2) is 6.68. The molecule has 0 aromatic carbocycles. The van der Waals surface area contributed by atoms with Crippen LogP contribution in [0.5, 0.6) is 0 Å². The number of rotatable bonds is 5. The van der Waals surface area contributed by atoms with Crippen molar-refractivity contribution in [1.29, 1.82) is 0 Å². The molecule has 5 aliphatic carbocycles. The van der Waals surface area contributed by atoms with Gasteiger partial charge in [0.2, 0.25) is 11.8 Å². The number of nitrogens with one attached hydrogen (secondary N) is 2. The highest BCUT2D eigenvalue weighted by Crippen LogP contribution is 2.60. The van der Waals surface area contributed by atoms with E-state index in [0.29, 0.717) is 13.1 Å². The highest BCUT2D eigenvalue weighted by molar-refractivity contribution is 5.83. The van der Waals surface area contributed by atoms with Gasteiger partial charge in [-0.3, -0.25) is 9.59 Å². The first kappa shape index (κ1) is 16.4. The molecular formula is C20H32N2O2. The molecule has 4 nitrogen and oxygen atoms in total. The minimum Gasteiger partial charge on any atom is -0.354 e. The molecule has 0 atom stereocenters. The summed E-state index contributed by atoms with van der Waals surface area (Å²) >= 11 is 0. The molecule has 0 spiro atoms. The predicted octanol–water partition coefficient (Wildman–Crippen LogP) is 3.02. The van der Waals surface area contributed by atoms with Gasteiger partial charge < -0.3 is 10.6 Å². The highest BCUT2D eigenvalue weighted by atomic mass is 16.2. The molecule has 5 saturated carbocycles. The van der Waals surface area contributed by atoms with Crippen molar-refractivity contribution >= 4 is 11.8 Å². The number of carbonyl (C=O) groups is 2. The lowest BCUT2D eigenvalue weighted by atomic mass is 9.49. The summed E-state index contributed by atoms with van der Waals surface area (Å²) in [7, 11) is 0. The number of hydrogen-bond acceptors (Lipinski definition) is 2. The molecule has 4 heteroatoms. The second-order valence-corrected chi connectivity index (χ2v) is 9.08. The Kier molecular flexibility index (Phi) is 4.57. The number of hydrogen-bond donors (Lipinski definition) is 2. The Morgan fingerprint density at radius 2 is 1.33 bits per heavy atom. The third kappa shape index (κ3) is 3.21. The van der Waals surface area contributed by atoms with Gasteiger partial charge in [-0.15, -0.1) is 0 Å². The van der Waals surface area contributed by atoms with Crippen LogP contribution < -0.4 is 10.6 Å². The third-order valence-corrected chi connectivity index (χ3v) is 7.21. The lowest BCUT2D eigenvalue weighted by Crippen LogP contribution is -2.54. The summed E-state index contributed by atoms with van der Waals surface area (Å²) in [6, 6.07) is 0. The van der Waals surface area contributed by atoms with E-state index in [9.17, 15) is 9.59 Å². The van der Waals surface area contributed by atoms with E-state index in [1.807, 2.05) is 0 Å². The first-order valence-corrected chi connectivity index (χ1v) is 10.2. The van der Waals surface area contributed by atoms with E-state index in [0.717, 1.165) is 49.9 Å². The Balaban J connectivity index is 1.22. The van der Waals surface area contributed by atoms with Gasteiger partial charge in [-0.05, 0) is 69.1 Å². The molecule has 134 valence electrons. The Morgan fingerprint density at radius 1 is 0.792 bits per heavy atom. The van der Waals surface area contributed by atoms with E-state index in [4.69, 9.17) is 0 Å². The molecule has 4 bridgehead atoms. The van der Waals surface area contributed by atoms with Crippen molar-refractivity contribution in [2.24, 2.45) is 29.1 Å². The summed E-state index contributed by atoms with van der Waals surface area (Å²) < 4.78 is 0. The molecule has 0 radical (unpaired) electrons. The van der Waals surface area contributed by atoms with Crippen molar-refractivity contribution in [1.82, 2.24) is 10.6 Å². The Labute approximate surface area is 145 Å². The highest BCUT2D eigenvalue weighted by Gasteiger charge is 2.54. The maximum atomic E-state index is 12.8. The molecule has 0 aromatic rings. The minimum absolute atomic E-state index is 0.0673. The van der Waals surface area contributed by atoms with Gasteiger partial charge in [-0.2, -0.15) is 0 Å². The average molecular weight is 332 g/mol. The molecule has 2 amide bonds. The summed E-state index contributed by atoms with van der Waals surface area (Å²) in [5, 5.41) is 6.17. The molecule has 5 aliphatic rings. The van der Waals surface area contributed by atoms with Crippen LogP contribution in [-0.4, -0.2) is 24.9 Å². The van der Waals surface area contributed by atoms with Crippen LogP contribution >= 0.6 is 0 Å². The van der Waals surface area contributed by atoms with Crippen molar-refractivity contribution in [3.05, 3.63) is 0 Å². The molecule has 5 fully saturated rings. The van der Waals surface area contributed by atoms with Crippen molar-refractivity contribution in [3.63, 3.8) is 0 Å². The summed E-state index contributed by atoms with van der Waals surface area (Å²) in [6.45, 7) is 1.16. The Morgan fingerprint density at radius 3 is 1.92 bits per heavy atom. The largest absolute Gasteiger partial charge is 0.354 e. The van der Waals surface area contributed by atoms with Gasteiger partial charge in [0.25, 0.3) is 0 Å². The molecular weight excluding hydrogens is 300 g/mol. The summed E-state index contributed by atoms with van der Waals surface area (Å²) in [5.41, 5.74) is -0.0673. The van der Waals surface area contributed by atoms with E-state index in [2.05, 4.69) is 10.6 Å². The fraction of sp³-hybridized carbons (Fsp3) is 0.900. The first-order chi connectivity index (χ1) is 11.6. The van der Waals surface area contributed by atoms with E-state index in [1.54, 1.807) is 0 Å². The minimum atomic E-state index is -0.0673. The lowest BCUT2D eigenvalue weighted by Gasteiger charge is -2.55. The van der Waals surface area contributed by atoms with Crippen molar-refractivity contribution < 1.29 is 9.59 Å². The van der Waals surface area contributed by atoms with Crippen LogP contribution in [0.4, 0.5) is 0 Å². The van der Waals surface area contributed by atoms with Crippen LogP contribution in [0.2, 0.25) is 0 Å². The first-order valence-electron chi connectivity index (χ1n) is 10.2. The monoisotopic (exact) mass is 332 g/mol. The zero-order valence-electron chi connectivity index (χ0n) is 14.8. The molecule has 0 unspecified atom stereocenters. The van der Waals surface area contributed by atoms with Crippen LogP contribution in [0.15, 0.2) is 0 Å². The summed E-state index contributed by atoms with van der Waals surface area (Å²) in [4.78, 5) is 25.0. The number of amides is 2. The van der Waals surface area contributed by atoms with E-state index in [1.165, 1.54) is 38.5 Å². The van der Waals surface area contributed by atoms with Gasteiger partial charge in [-0.1, -0.05) is 19.3 Å². The molecule has 5 rings (SSSR count). The van der Waals surface area contributed by atoms with Crippen LogP contribution in [-0.2, 0) is 9.59 Å². The fourth-order valence-corrected chi connectivity index (χ4v) is 6.45. The standard InChI is InChI=1S/C20H32N2O2/c23-18(17-4-2-1-3-5-17)21-6-7-22-19(24)20-11-14-8-15(12-20)10-16(9-14)13-20/h14-17H,1-13H2,(H,21,23)(H,22,24). The van der Waals surface area contributed by atoms with E-state index < -0.39 is 0 Å². The van der Waals surface area contributed by atoms with Crippen LogP contribution in [0.25, 0.3) is 0 Å². The van der Waals surface area contributed by atoms with Gasteiger partial charge >= 0.3 is 0 Å². The Bertz CT molecular complexity index is 461. The van der Waals surface area contributed by atoms with E-state index >= 15 is 0 Å². The van der Waals surface area contributed by atoms with Crippen LogP contribution in [0.1, 0.15) is 70.6 Å². The predicted molar refractivity (Wildman–Crippen MR) is 93.2 cm³/mol. The van der Waals surface area contributed by atoms with Gasteiger partial charge in [0.05, 0.1) is 0 Å². The number of carbonyl (C=O) groups excluding carboxylic acids is 2. The quantitative estimate of drug-likeness (QED) is 0.760. The maximum absolute atomic E-state index is 12.8.